The van der Waals surface area contributed by atoms with Gasteiger partial charge in [-0.3, -0.25) is 57.5 Å². The van der Waals surface area contributed by atoms with Crippen molar-refractivity contribution in [2.75, 3.05) is 0 Å². The van der Waals surface area contributed by atoms with Gasteiger partial charge in [0.2, 0.25) is 0 Å². The van der Waals surface area contributed by atoms with Crippen LogP contribution in [-0.4, -0.2) is 70.4 Å². The Bertz CT molecular complexity index is 712. The summed E-state index contributed by atoms with van der Waals surface area (Å²) in [5.74, 6) is -23.6. The van der Waals surface area contributed by atoms with Gasteiger partial charge >= 0.3 is 0 Å². The molecule has 0 unspecified atom stereocenters. The van der Waals surface area contributed by atoms with Crippen LogP contribution in [0.2, 0.25) is 0 Å². The van der Waals surface area contributed by atoms with Gasteiger partial charge < -0.3 is 0 Å². The van der Waals surface area contributed by atoms with Crippen LogP contribution in [0.3, 0.4) is 0 Å². The number of carbonyl (C=O) groups is 12. The fraction of sp³-hybridized carbons (Fsp3) is 0. The lowest BCUT2D eigenvalue weighted by Crippen LogP contribution is -2.44. The van der Waals surface area contributed by atoms with E-state index in [1.807, 2.05) is 0 Å². The fourth-order valence-electron chi connectivity index (χ4n) is 0.950. The lowest BCUT2D eigenvalue weighted by atomic mass is 9.99. The van der Waals surface area contributed by atoms with E-state index >= 15 is 0 Å². The second-order valence-corrected chi connectivity index (χ2v) is 3.60. The van der Waals surface area contributed by atoms with Gasteiger partial charge in [-0.2, -0.15) is 0 Å². The maximum absolute atomic E-state index is 11.2. The Morgan fingerprint density at radius 2 is 0.500 bits per heavy atom. The minimum absolute atomic E-state index is 0.668. The normalized spacial score (nSPS) is 9.17. The molecule has 0 aliphatic rings. The zero-order chi connectivity index (χ0) is 19.2. The topological polar surface area (TPSA) is 205 Å². The SMILES string of the molecule is O=CC(=O)C(=O)C(=O)C(=O)C(=O)C(=O)C(=O)C(=O)C(=O)C(=O)C=O. The summed E-state index contributed by atoms with van der Waals surface area (Å²) in [6, 6.07) is 0. The number of carbonyl (C=O) groups excluding carboxylic acids is 12. The van der Waals surface area contributed by atoms with Crippen LogP contribution in [0.15, 0.2) is 0 Å². The number of hydrogen-bond donors (Lipinski definition) is 0. The maximum Gasteiger partial charge on any atom is 0.281 e. The van der Waals surface area contributed by atoms with E-state index in [2.05, 4.69) is 0 Å². The molecule has 0 aromatic carbocycles. The molecule has 0 heterocycles. The van der Waals surface area contributed by atoms with Gasteiger partial charge in [-0.05, 0) is 0 Å². The van der Waals surface area contributed by atoms with Gasteiger partial charge in [0.15, 0.2) is 12.6 Å². The number of rotatable bonds is 11. The van der Waals surface area contributed by atoms with Crippen molar-refractivity contribution < 1.29 is 57.5 Å². The fourth-order valence-corrected chi connectivity index (χ4v) is 0.950. The summed E-state index contributed by atoms with van der Waals surface area (Å²) in [5, 5.41) is 0. The minimum Gasteiger partial charge on any atom is -0.294 e. The molecule has 0 spiro atoms. The van der Waals surface area contributed by atoms with E-state index in [1.54, 1.807) is 0 Å². The molecule has 122 valence electrons. The third-order valence-electron chi connectivity index (χ3n) is 2.11. The van der Waals surface area contributed by atoms with E-state index in [0.29, 0.717) is 0 Å². The van der Waals surface area contributed by atoms with Crippen molar-refractivity contribution in [3.8, 4) is 0 Å². The lowest BCUT2D eigenvalue weighted by Gasteiger charge is -1.96. The Morgan fingerprint density at radius 3 is 0.667 bits per heavy atom. The molecule has 0 radical (unpaired) electrons. The summed E-state index contributed by atoms with van der Waals surface area (Å²) >= 11 is 0. The Balaban J connectivity index is 5.35. The quantitative estimate of drug-likeness (QED) is 0.197. The Kier molecular flexibility index (Phi) is 6.58. The highest BCUT2D eigenvalue weighted by Crippen LogP contribution is 1.92. The molecule has 0 saturated heterocycles. The van der Waals surface area contributed by atoms with E-state index in [1.165, 1.54) is 0 Å². The summed E-state index contributed by atoms with van der Waals surface area (Å²) in [5.41, 5.74) is 0. The van der Waals surface area contributed by atoms with E-state index in [-0.39, 0.29) is 0 Å². The second kappa shape index (κ2) is 7.88. The van der Waals surface area contributed by atoms with Crippen molar-refractivity contribution in [2.24, 2.45) is 0 Å². The molecule has 0 aromatic heterocycles. The monoisotopic (exact) mass is 338 g/mol. The lowest BCUT2D eigenvalue weighted by molar-refractivity contribution is -0.156. The molecule has 0 rings (SSSR count). The average Bonchev–Trinajstić information content (AvgIpc) is 2.61. The van der Waals surface area contributed by atoms with Crippen molar-refractivity contribution in [3.05, 3.63) is 0 Å². The Labute approximate surface area is 129 Å². The molecule has 0 fully saturated rings. The molecule has 0 N–H and O–H groups in total. The summed E-state index contributed by atoms with van der Waals surface area (Å²) in [7, 11) is 0. The molecule has 12 nitrogen and oxygen atoms in total. The number of aldehydes is 2. The van der Waals surface area contributed by atoms with Crippen molar-refractivity contribution in [3.63, 3.8) is 0 Å². The third-order valence-corrected chi connectivity index (χ3v) is 2.11. The van der Waals surface area contributed by atoms with Crippen LogP contribution in [0.1, 0.15) is 0 Å². The summed E-state index contributed by atoms with van der Waals surface area (Å²) in [4.78, 5) is 130. The minimum atomic E-state index is -2.56. The first-order valence-electron chi connectivity index (χ1n) is 5.34. The van der Waals surface area contributed by atoms with Gasteiger partial charge in [0.1, 0.15) is 0 Å². The van der Waals surface area contributed by atoms with Gasteiger partial charge in [0.05, 0.1) is 0 Å². The van der Waals surface area contributed by atoms with Gasteiger partial charge in [-0.25, -0.2) is 0 Å². The zero-order valence-electron chi connectivity index (χ0n) is 11.1. The van der Waals surface area contributed by atoms with Crippen LogP contribution in [0.25, 0.3) is 0 Å². The zero-order valence-corrected chi connectivity index (χ0v) is 11.1. The summed E-state index contributed by atoms with van der Waals surface area (Å²) < 4.78 is 0. The van der Waals surface area contributed by atoms with Crippen LogP contribution in [-0.2, 0) is 57.5 Å². The Morgan fingerprint density at radius 1 is 0.333 bits per heavy atom. The van der Waals surface area contributed by atoms with E-state index in [4.69, 9.17) is 0 Å². The highest BCUT2D eigenvalue weighted by atomic mass is 16.2. The van der Waals surface area contributed by atoms with Gasteiger partial charge in [-0.1, -0.05) is 0 Å². The molecule has 0 aliphatic heterocycles. The van der Waals surface area contributed by atoms with Crippen molar-refractivity contribution in [1.29, 1.82) is 0 Å². The first-order chi connectivity index (χ1) is 11.0. The van der Waals surface area contributed by atoms with Crippen LogP contribution >= 0.6 is 0 Å². The van der Waals surface area contributed by atoms with Gasteiger partial charge in [-0.15, -0.1) is 0 Å². The smallest absolute Gasteiger partial charge is 0.281 e. The van der Waals surface area contributed by atoms with E-state index < -0.39 is 70.4 Å². The number of hydrogen-bond acceptors (Lipinski definition) is 12. The third kappa shape index (κ3) is 4.03. The van der Waals surface area contributed by atoms with Crippen molar-refractivity contribution >= 4 is 70.4 Å². The van der Waals surface area contributed by atoms with E-state index in [9.17, 15) is 57.5 Å². The summed E-state index contributed by atoms with van der Waals surface area (Å²) in [6.45, 7) is 0. The average molecular weight is 338 g/mol. The van der Waals surface area contributed by atoms with Crippen LogP contribution in [0.4, 0.5) is 0 Å². The van der Waals surface area contributed by atoms with Crippen molar-refractivity contribution in [1.82, 2.24) is 0 Å². The Hall–Kier alpha value is -3.96. The molecule has 0 aromatic rings. The van der Waals surface area contributed by atoms with Crippen LogP contribution in [0.5, 0.6) is 0 Å². The molecular weight excluding hydrogens is 336 g/mol. The molecule has 12 heteroatoms. The maximum atomic E-state index is 11.2. The van der Waals surface area contributed by atoms with E-state index in [0.717, 1.165) is 0 Å². The largest absolute Gasteiger partial charge is 0.294 e. The highest BCUT2D eigenvalue weighted by molar-refractivity contribution is 7.03. The molecule has 24 heavy (non-hydrogen) atoms. The highest BCUT2D eigenvalue weighted by Gasteiger charge is 2.42. The molecule has 0 bridgehead atoms. The van der Waals surface area contributed by atoms with Crippen LogP contribution < -0.4 is 0 Å². The predicted octanol–water partition coefficient (Wildman–Crippen LogP) is -4.92. The first kappa shape index (κ1) is 20.0. The first-order valence-corrected chi connectivity index (χ1v) is 5.34. The molecule has 0 saturated carbocycles. The van der Waals surface area contributed by atoms with Crippen molar-refractivity contribution in [2.45, 2.75) is 0 Å². The second-order valence-electron chi connectivity index (χ2n) is 3.60. The van der Waals surface area contributed by atoms with Gasteiger partial charge in [0.25, 0.3) is 57.8 Å². The molecule has 0 aliphatic carbocycles. The van der Waals surface area contributed by atoms with Crippen LogP contribution in [0, 0.1) is 0 Å². The summed E-state index contributed by atoms with van der Waals surface area (Å²) in [6.07, 6.45) is -1.34. The molecule has 0 amide bonds. The standard InChI is InChI=1S/C12H2O12/c13-1-3(15)5(17)7(19)9(21)11(23)12(24)10(22)8(20)6(18)4(16)2-14/h1-2H. The van der Waals surface area contributed by atoms with Gasteiger partial charge in [0, 0.05) is 0 Å². The number of Topliss-reactive ketones (excluding diaryl/α,β-unsaturated/α-hetero) is 10. The number of ketones is 10. The molecular formula is C12H2O12. The predicted molar refractivity (Wildman–Crippen MR) is 62.2 cm³/mol. The molecule has 0 atom stereocenters.